The van der Waals surface area contributed by atoms with E-state index in [0.29, 0.717) is 0 Å². The molecule has 0 aromatic heterocycles. The van der Waals surface area contributed by atoms with Crippen LogP contribution in [0.1, 0.15) is 34.6 Å². The van der Waals surface area contributed by atoms with E-state index in [9.17, 15) is 14.4 Å². The van der Waals surface area contributed by atoms with Crippen LogP contribution in [0.25, 0.3) is 0 Å². The Labute approximate surface area is 124 Å². The van der Waals surface area contributed by atoms with Crippen LogP contribution in [-0.4, -0.2) is 42.9 Å². The normalized spacial score (nSPS) is 12.0. The van der Waals surface area contributed by atoms with Crippen molar-refractivity contribution in [3.8, 4) is 0 Å². The van der Waals surface area contributed by atoms with Gasteiger partial charge < -0.3 is 19.5 Å². The van der Waals surface area contributed by atoms with Crippen molar-refractivity contribution in [2.45, 2.75) is 46.3 Å². The summed E-state index contributed by atoms with van der Waals surface area (Å²) in [7, 11) is 0. The third kappa shape index (κ3) is 9.48. The van der Waals surface area contributed by atoms with Gasteiger partial charge in [-0.05, 0) is 34.6 Å². The molecule has 7 heteroatoms. The number of carbonyl (C=O) groups is 3. The molecule has 1 atom stereocenters. The highest BCUT2D eigenvalue weighted by Crippen LogP contribution is 2.06. The average molecular weight is 301 g/mol. The molecule has 0 unspecified atom stereocenters. The molecule has 7 nitrogen and oxygen atoms in total. The molecular formula is C14H23NO6. The molecular weight excluding hydrogens is 278 g/mol. The first-order valence-corrected chi connectivity index (χ1v) is 6.51. The van der Waals surface area contributed by atoms with Gasteiger partial charge in [0.15, 0.2) is 0 Å². The number of hydrogen-bond donors (Lipinski definition) is 1. The van der Waals surface area contributed by atoms with E-state index in [1.54, 1.807) is 20.8 Å². The molecule has 1 N–H and O–H groups in total. The monoisotopic (exact) mass is 301 g/mol. The summed E-state index contributed by atoms with van der Waals surface area (Å²) in [5, 5.41) is 2.35. The second-order valence-electron chi connectivity index (χ2n) is 5.45. The van der Waals surface area contributed by atoms with E-state index in [4.69, 9.17) is 14.2 Å². The minimum absolute atomic E-state index is 0.0728. The number of carbonyl (C=O) groups excluding carboxylic acids is 3. The van der Waals surface area contributed by atoms with E-state index in [1.165, 1.54) is 13.8 Å². The quantitative estimate of drug-likeness (QED) is 0.346. The molecule has 0 heterocycles. The van der Waals surface area contributed by atoms with Crippen LogP contribution < -0.4 is 5.32 Å². The lowest BCUT2D eigenvalue weighted by atomic mass is 10.2. The number of nitrogens with one attached hydrogen (secondary N) is 1. The molecule has 0 aliphatic heterocycles. The topological polar surface area (TPSA) is 90.9 Å². The van der Waals surface area contributed by atoms with Crippen LogP contribution >= 0.6 is 0 Å². The molecule has 0 aromatic rings. The van der Waals surface area contributed by atoms with Crippen LogP contribution in [0.3, 0.4) is 0 Å². The third-order valence-electron chi connectivity index (χ3n) is 2.00. The summed E-state index contributed by atoms with van der Waals surface area (Å²) in [6.45, 7) is 11.4. The van der Waals surface area contributed by atoms with E-state index in [-0.39, 0.29) is 18.8 Å². The van der Waals surface area contributed by atoms with Crippen LogP contribution in [-0.2, 0) is 23.8 Å². The van der Waals surface area contributed by atoms with E-state index in [2.05, 4.69) is 11.9 Å². The number of rotatable bonds is 6. The highest BCUT2D eigenvalue weighted by Gasteiger charge is 2.21. The Hall–Kier alpha value is -2.05. The number of amides is 1. The summed E-state index contributed by atoms with van der Waals surface area (Å²) in [6, 6.07) is -0.864. The predicted octanol–water partition coefficient (Wildman–Crippen LogP) is 1.56. The van der Waals surface area contributed by atoms with Gasteiger partial charge in [0.1, 0.15) is 24.9 Å². The van der Waals surface area contributed by atoms with Gasteiger partial charge in [0.2, 0.25) is 0 Å². The SMILES string of the molecule is C=C(C)C(=O)OCCOC(=O)[C@@H](C)NC(=O)OC(C)(C)C. The lowest BCUT2D eigenvalue weighted by Gasteiger charge is -2.21. The minimum Gasteiger partial charge on any atom is -0.461 e. The van der Waals surface area contributed by atoms with Crippen LogP contribution in [0.15, 0.2) is 12.2 Å². The van der Waals surface area contributed by atoms with E-state index < -0.39 is 29.7 Å². The molecule has 0 spiro atoms. The first kappa shape index (κ1) is 18.9. The Morgan fingerprint density at radius 1 is 1.14 bits per heavy atom. The lowest BCUT2D eigenvalue weighted by Crippen LogP contribution is -2.42. The molecule has 0 fully saturated rings. The molecule has 0 saturated heterocycles. The van der Waals surface area contributed by atoms with Crippen molar-refractivity contribution in [3.05, 3.63) is 12.2 Å². The smallest absolute Gasteiger partial charge is 0.408 e. The lowest BCUT2D eigenvalue weighted by molar-refractivity contribution is -0.151. The van der Waals surface area contributed by atoms with Gasteiger partial charge in [0.05, 0.1) is 0 Å². The van der Waals surface area contributed by atoms with E-state index in [0.717, 1.165) is 0 Å². The zero-order chi connectivity index (χ0) is 16.6. The van der Waals surface area contributed by atoms with Crippen LogP contribution in [0.2, 0.25) is 0 Å². The van der Waals surface area contributed by atoms with Gasteiger partial charge in [-0.2, -0.15) is 0 Å². The van der Waals surface area contributed by atoms with Crippen LogP contribution in [0.5, 0.6) is 0 Å². The number of hydrogen-bond acceptors (Lipinski definition) is 6. The van der Waals surface area contributed by atoms with Crippen LogP contribution in [0.4, 0.5) is 4.79 Å². The zero-order valence-corrected chi connectivity index (χ0v) is 13.1. The van der Waals surface area contributed by atoms with Gasteiger partial charge in [0.25, 0.3) is 0 Å². The Morgan fingerprint density at radius 2 is 1.67 bits per heavy atom. The maximum absolute atomic E-state index is 11.6. The minimum atomic E-state index is -0.864. The molecule has 120 valence electrons. The van der Waals surface area contributed by atoms with Gasteiger partial charge in [-0.25, -0.2) is 14.4 Å². The first-order chi connectivity index (χ1) is 9.53. The highest BCUT2D eigenvalue weighted by molar-refractivity contribution is 5.87. The molecule has 0 rings (SSSR count). The van der Waals surface area contributed by atoms with Gasteiger partial charge in [-0.3, -0.25) is 0 Å². The largest absolute Gasteiger partial charge is 0.461 e. The predicted molar refractivity (Wildman–Crippen MR) is 75.6 cm³/mol. The van der Waals surface area contributed by atoms with Crippen molar-refractivity contribution in [2.75, 3.05) is 13.2 Å². The number of alkyl carbamates (subject to hydrolysis) is 1. The number of esters is 2. The molecule has 21 heavy (non-hydrogen) atoms. The maximum Gasteiger partial charge on any atom is 0.408 e. The second-order valence-corrected chi connectivity index (χ2v) is 5.45. The Balaban J connectivity index is 3.98. The standard InChI is InChI=1S/C14H23NO6/c1-9(2)11(16)19-7-8-20-12(17)10(3)15-13(18)21-14(4,5)6/h10H,1,7-8H2,2-6H3,(H,15,18)/t10-/m1/s1. The Morgan fingerprint density at radius 3 is 2.14 bits per heavy atom. The molecule has 0 bridgehead atoms. The van der Waals surface area contributed by atoms with Crippen molar-refractivity contribution in [1.29, 1.82) is 0 Å². The zero-order valence-electron chi connectivity index (χ0n) is 13.1. The van der Waals surface area contributed by atoms with Crippen molar-refractivity contribution >= 4 is 18.0 Å². The molecule has 0 aliphatic carbocycles. The molecule has 1 amide bonds. The summed E-state index contributed by atoms with van der Waals surface area (Å²) in [5.74, 6) is -1.20. The fourth-order valence-electron chi connectivity index (χ4n) is 1.07. The fraction of sp³-hybridized carbons (Fsp3) is 0.643. The van der Waals surface area contributed by atoms with E-state index >= 15 is 0 Å². The summed E-state index contributed by atoms with van der Waals surface area (Å²) in [6.07, 6.45) is -0.708. The van der Waals surface area contributed by atoms with Crippen molar-refractivity contribution in [1.82, 2.24) is 5.32 Å². The van der Waals surface area contributed by atoms with E-state index in [1.807, 2.05) is 0 Å². The molecule has 0 radical (unpaired) electrons. The van der Waals surface area contributed by atoms with Crippen LogP contribution in [0, 0.1) is 0 Å². The fourth-order valence-corrected chi connectivity index (χ4v) is 1.07. The third-order valence-corrected chi connectivity index (χ3v) is 2.00. The number of ether oxygens (including phenoxy) is 3. The van der Waals surface area contributed by atoms with Gasteiger partial charge in [-0.15, -0.1) is 0 Å². The van der Waals surface area contributed by atoms with Gasteiger partial charge >= 0.3 is 18.0 Å². The van der Waals surface area contributed by atoms with Crippen molar-refractivity contribution in [3.63, 3.8) is 0 Å². The summed E-state index contributed by atoms with van der Waals surface area (Å²) < 4.78 is 14.6. The van der Waals surface area contributed by atoms with Gasteiger partial charge in [-0.1, -0.05) is 6.58 Å². The first-order valence-electron chi connectivity index (χ1n) is 6.51. The molecule has 0 aromatic carbocycles. The second kappa shape index (κ2) is 8.28. The Kier molecular flexibility index (Phi) is 7.48. The Bertz CT molecular complexity index is 410. The molecule has 0 aliphatic rings. The summed E-state index contributed by atoms with van der Waals surface area (Å²) in [5.41, 5.74) is -0.383. The van der Waals surface area contributed by atoms with Gasteiger partial charge in [0, 0.05) is 5.57 Å². The average Bonchev–Trinajstić information content (AvgIpc) is 2.31. The van der Waals surface area contributed by atoms with Crippen molar-refractivity contribution < 1.29 is 28.6 Å². The summed E-state index contributed by atoms with van der Waals surface area (Å²) in [4.78, 5) is 34.1. The maximum atomic E-state index is 11.6. The molecule has 0 saturated carbocycles. The summed E-state index contributed by atoms with van der Waals surface area (Å²) >= 11 is 0. The van der Waals surface area contributed by atoms with Crippen molar-refractivity contribution in [2.24, 2.45) is 0 Å². The highest BCUT2D eigenvalue weighted by atomic mass is 16.6.